The van der Waals surface area contributed by atoms with Gasteiger partial charge in [0.2, 0.25) is 5.88 Å². The molecule has 0 aliphatic heterocycles. The molecule has 2 aromatic heterocycles. The Balaban J connectivity index is 2.10. The Morgan fingerprint density at radius 3 is 2.88 bits per heavy atom. The lowest BCUT2D eigenvalue weighted by Gasteiger charge is -2.04. The molecule has 3 aromatic rings. The van der Waals surface area contributed by atoms with E-state index in [9.17, 15) is 0 Å². The smallest absolute Gasteiger partial charge is 0.230 e. The van der Waals surface area contributed by atoms with Gasteiger partial charge in [0.05, 0.1) is 10.9 Å². The topological polar surface area (TPSA) is 35.0 Å². The van der Waals surface area contributed by atoms with E-state index >= 15 is 0 Å². The summed E-state index contributed by atoms with van der Waals surface area (Å²) in [4.78, 5) is 8.34. The Labute approximate surface area is 96.4 Å². The van der Waals surface area contributed by atoms with Gasteiger partial charge in [-0.25, -0.2) is 9.97 Å². The van der Waals surface area contributed by atoms with Crippen molar-refractivity contribution in [3.05, 3.63) is 47.4 Å². The minimum atomic E-state index is 0.601. The lowest BCUT2D eigenvalue weighted by atomic mass is 10.2. The van der Waals surface area contributed by atoms with E-state index in [4.69, 9.17) is 4.74 Å². The lowest BCUT2D eigenvalue weighted by molar-refractivity contribution is 0.470. The van der Waals surface area contributed by atoms with Crippen LogP contribution < -0.4 is 4.74 Å². The number of hydrogen-bond donors (Lipinski definition) is 0. The lowest BCUT2D eigenvalue weighted by Crippen LogP contribution is -1.89. The van der Waals surface area contributed by atoms with Gasteiger partial charge in [-0.15, -0.1) is 11.3 Å². The average Bonchev–Trinajstić information content (AvgIpc) is 2.82. The van der Waals surface area contributed by atoms with Crippen molar-refractivity contribution in [3.8, 4) is 11.6 Å². The molecule has 0 aliphatic carbocycles. The maximum atomic E-state index is 5.69. The van der Waals surface area contributed by atoms with Gasteiger partial charge in [0, 0.05) is 5.38 Å². The molecule has 0 spiro atoms. The van der Waals surface area contributed by atoms with Crippen LogP contribution in [0.4, 0.5) is 0 Å². The summed E-state index contributed by atoms with van der Waals surface area (Å²) in [5, 5.41) is 4.84. The molecule has 0 saturated carbocycles. The predicted molar refractivity (Wildman–Crippen MR) is 63.9 cm³/mol. The zero-order chi connectivity index (χ0) is 10.8. The van der Waals surface area contributed by atoms with Crippen molar-refractivity contribution in [1.82, 2.24) is 9.97 Å². The van der Waals surface area contributed by atoms with Crippen molar-refractivity contribution >= 4 is 22.2 Å². The van der Waals surface area contributed by atoms with Crippen molar-refractivity contribution in [3.63, 3.8) is 0 Å². The fourth-order valence-electron chi connectivity index (χ4n) is 1.48. The SMILES string of the molecule is c1ccc2c(Oc3ccsc3)ncnc2c1. The summed E-state index contributed by atoms with van der Waals surface area (Å²) in [5.74, 6) is 1.41. The first-order valence-electron chi connectivity index (χ1n) is 4.83. The van der Waals surface area contributed by atoms with Crippen molar-refractivity contribution in [1.29, 1.82) is 0 Å². The number of ether oxygens (including phenoxy) is 1. The summed E-state index contributed by atoms with van der Waals surface area (Å²) in [6, 6.07) is 9.71. The van der Waals surface area contributed by atoms with Crippen LogP contribution in [-0.2, 0) is 0 Å². The number of aromatic nitrogens is 2. The zero-order valence-corrected chi connectivity index (χ0v) is 9.15. The van der Waals surface area contributed by atoms with Gasteiger partial charge in [-0.05, 0) is 23.6 Å². The van der Waals surface area contributed by atoms with Crippen LogP contribution >= 0.6 is 11.3 Å². The molecule has 78 valence electrons. The van der Waals surface area contributed by atoms with E-state index in [0.29, 0.717) is 5.88 Å². The van der Waals surface area contributed by atoms with Crippen LogP contribution in [0.5, 0.6) is 11.6 Å². The molecular weight excluding hydrogens is 220 g/mol. The summed E-state index contributed by atoms with van der Waals surface area (Å²) in [5.41, 5.74) is 0.891. The minimum absolute atomic E-state index is 0.601. The highest BCUT2D eigenvalue weighted by Crippen LogP contribution is 2.27. The molecule has 0 radical (unpaired) electrons. The van der Waals surface area contributed by atoms with Gasteiger partial charge in [0.25, 0.3) is 0 Å². The summed E-state index contributed by atoms with van der Waals surface area (Å²) in [7, 11) is 0. The molecule has 16 heavy (non-hydrogen) atoms. The molecule has 0 bridgehead atoms. The highest BCUT2D eigenvalue weighted by atomic mass is 32.1. The summed E-state index contributed by atoms with van der Waals surface area (Å²) >= 11 is 1.60. The summed E-state index contributed by atoms with van der Waals surface area (Å²) in [6.45, 7) is 0. The predicted octanol–water partition coefficient (Wildman–Crippen LogP) is 3.48. The third-order valence-electron chi connectivity index (χ3n) is 2.22. The third-order valence-corrected chi connectivity index (χ3v) is 2.88. The second-order valence-corrected chi connectivity index (χ2v) is 4.04. The second-order valence-electron chi connectivity index (χ2n) is 3.26. The average molecular weight is 228 g/mol. The maximum Gasteiger partial charge on any atom is 0.230 e. The molecule has 4 heteroatoms. The van der Waals surface area contributed by atoms with E-state index in [1.165, 1.54) is 6.33 Å². The molecule has 3 nitrogen and oxygen atoms in total. The quantitative estimate of drug-likeness (QED) is 0.673. The largest absolute Gasteiger partial charge is 0.437 e. The first-order valence-corrected chi connectivity index (χ1v) is 5.77. The molecule has 0 fully saturated rings. The van der Waals surface area contributed by atoms with Crippen LogP contribution in [0.3, 0.4) is 0 Å². The minimum Gasteiger partial charge on any atom is -0.437 e. The second kappa shape index (κ2) is 3.90. The maximum absolute atomic E-state index is 5.69. The van der Waals surface area contributed by atoms with Crippen molar-refractivity contribution in [2.24, 2.45) is 0 Å². The van der Waals surface area contributed by atoms with Crippen LogP contribution in [0.2, 0.25) is 0 Å². The fraction of sp³-hybridized carbons (Fsp3) is 0. The zero-order valence-electron chi connectivity index (χ0n) is 8.33. The van der Waals surface area contributed by atoms with Crippen LogP contribution in [0.1, 0.15) is 0 Å². The van der Waals surface area contributed by atoms with Crippen LogP contribution in [0.15, 0.2) is 47.4 Å². The molecule has 2 heterocycles. The first kappa shape index (κ1) is 9.30. The Morgan fingerprint density at radius 2 is 2.00 bits per heavy atom. The Bertz CT molecular complexity index is 602. The molecule has 0 saturated heterocycles. The van der Waals surface area contributed by atoms with Gasteiger partial charge in [-0.3, -0.25) is 0 Å². The normalized spacial score (nSPS) is 10.5. The van der Waals surface area contributed by atoms with E-state index in [2.05, 4.69) is 9.97 Å². The van der Waals surface area contributed by atoms with Gasteiger partial charge in [0.15, 0.2) is 0 Å². The number of thiophene rings is 1. The van der Waals surface area contributed by atoms with Crippen LogP contribution in [0, 0.1) is 0 Å². The monoisotopic (exact) mass is 228 g/mol. The highest BCUT2D eigenvalue weighted by molar-refractivity contribution is 7.08. The Hall–Kier alpha value is -1.94. The fourth-order valence-corrected chi connectivity index (χ4v) is 2.04. The van der Waals surface area contributed by atoms with Gasteiger partial charge >= 0.3 is 0 Å². The van der Waals surface area contributed by atoms with Crippen molar-refractivity contribution < 1.29 is 4.74 Å². The molecule has 0 amide bonds. The summed E-state index contributed by atoms with van der Waals surface area (Å²) < 4.78 is 5.69. The molecule has 0 aliphatic rings. The highest BCUT2D eigenvalue weighted by Gasteiger charge is 2.04. The van der Waals surface area contributed by atoms with Crippen molar-refractivity contribution in [2.45, 2.75) is 0 Å². The first-order chi connectivity index (χ1) is 7.93. The Morgan fingerprint density at radius 1 is 1.06 bits per heavy atom. The van der Waals surface area contributed by atoms with Gasteiger partial charge in [-0.1, -0.05) is 12.1 Å². The molecule has 3 rings (SSSR count). The van der Waals surface area contributed by atoms with E-state index in [0.717, 1.165) is 16.7 Å². The number of rotatable bonds is 2. The van der Waals surface area contributed by atoms with Gasteiger partial charge in [0.1, 0.15) is 12.1 Å². The van der Waals surface area contributed by atoms with E-state index in [1.807, 2.05) is 41.1 Å². The molecule has 0 N–H and O–H groups in total. The number of benzene rings is 1. The number of nitrogens with zero attached hydrogens (tertiary/aromatic N) is 2. The van der Waals surface area contributed by atoms with Crippen LogP contribution in [-0.4, -0.2) is 9.97 Å². The van der Waals surface area contributed by atoms with E-state index in [-0.39, 0.29) is 0 Å². The molecule has 1 aromatic carbocycles. The van der Waals surface area contributed by atoms with Gasteiger partial charge in [-0.2, -0.15) is 0 Å². The van der Waals surface area contributed by atoms with Crippen LogP contribution in [0.25, 0.3) is 10.9 Å². The Kier molecular flexibility index (Phi) is 2.27. The third kappa shape index (κ3) is 1.63. The number of hydrogen-bond acceptors (Lipinski definition) is 4. The van der Waals surface area contributed by atoms with E-state index < -0.39 is 0 Å². The number of para-hydroxylation sites is 1. The van der Waals surface area contributed by atoms with E-state index in [1.54, 1.807) is 11.3 Å². The van der Waals surface area contributed by atoms with Gasteiger partial charge < -0.3 is 4.74 Å². The standard InChI is InChI=1S/C12H8N2OS/c1-2-4-11-10(3-1)12(14-8-13-11)15-9-5-6-16-7-9/h1-8H. The number of fused-ring (bicyclic) bond motifs is 1. The van der Waals surface area contributed by atoms with Crippen molar-refractivity contribution in [2.75, 3.05) is 0 Å². The molecule has 0 unspecified atom stereocenters. The molecule has 0 atom stereocenters. The molecular formula is C12H8N2OS. The summed E-state index contributed by atoms with van der Waals surface area (Å²) in [6.07, 6.45) is 1.52.